The summed E-state index contributed by atoms with van der Waals surface area (Å²) in [6, 6.07) is 16.4. The maximum absolute atomic E-state index is 12.9. The van der Waals surface area contributed by atoms with Crippen LogP contribution in [-0.2, 0) is 27.4 Å². The number of nitrogens with one attached hydrogen (secondary N) is 1. The van der Waals surface area contributed by atoms with Gasteiger partial charge in [-0.05, 0) is 38.0 Å². The molecular formula is C21H24N2O4. The number of benzene rings is 2. The Kier molecular flexibility index (Phi) is 5.46. The molecule has 1 aliphatic heterocycles. The molecule has 0 saturated heterocycles. The fourth-order valence-corrected chi connectivity index (χ4v) is 2.86. The fourth-order valence-electron chi connectivity index (χ4n) is 2.86. The number of hydrogen-bond acceptors (Lipinski definition) is 4. The van der Waals surface area contributed by atoms with Gasteiger partial charge in [0, 0.05) is 6.42 Å². The number of hydrogen-bond donors (Lipinski definition) is 1. The second kappa shape index (κ2) is 7.80. The Morgan fingerprint density at radius 1 is 1.11 bits per heavy atom. The Labute approximate surface area is 159 Å². The molecule has 1 atom stereocenters. The van der Waals surface area contributed by atoms with Crippen molar-refractivity contribution in [2.24, 2.45) is 0 Å². The first kappa shape index (κ1) is 18.9. The third-order valence-electron chi connectivity index (χ3n) is 4.03. The summed E-state index contributed by atoms with van der Waals surface area (Å²) in [6.45, 7) is 5.58. The predicted octanol–water partition coefficient (Wildman–Crippen LogP) is 3.60. The van der Waals surface area contributed by atoms with Gasteiger partial charge in [0.25, 0.3) is 5.91 Å². The van der Waals surface area contributed by atoms with Crippen LogP contribution in [0.5, 0.6) is 0 Å². The minimum absolute atomic E-state index is 0.250. The fraction of sp³-hybridized carbons (Fsp3) is 0.333. The number of hydroxylamine groups is 1. The summed E-state index contributed by atoms with van der Waals surface area (Å²) in [5, 5.41) is 3.93. The lowest BCUT2D eigenvalue weighted by molar-refractivity contribution is -0.129. The number of para-hydroxylation sites is 1. The lowest BCUT2D eigenvalue weighted by Crippen LogP contribution is -2.53. The van der Waals surface area contributed by atoms with Crippen LogP contribution in [0.15, 0.2) is 54.6 Å². The maximum Gasteiger partial charge on any atom is 0.408 e. The topological polar surface area (TPSA) is 67.9 Å². The summed E-state index contributed by atoms with van der Waals surface area (Å²) in [6.07, 6.45) is -0.234. The van der Waals surface area contributed by atoms with E-state index >= 15 is 0 Å². The molecule has 1 N–H and O–H groups in total. The van der Waals surface area contributed by atoms with Gasteiger partial charge in [0.1, 0.15) is 18.2 Å². The first-order valence-electron chi connectivity index (χ1n) is 8.92. The molecule has 0 aliphatic carbocycles. The molecule has 2 aromatic rings. The largest absolute Gasteiger partial charge is 0.444 e. The van der Waals surface area contributed by atoms with E-state index in [2.05, 4.69) is 5.32 Å². The van der Waals surface area contributed by atoms with Crippen molar-refractivity contribution in [2.45, 2.75) is 45.4 Å². The van der Waals surface area contributed by atoms with E-state index in [1.807, 2.05) is 54.6 Å². The molecule has 1 aliphatic rings. The van der Waals surface area contributed by atoms with Crippen molar-refractivity contribution in [3.05, 3.63) is 65.7 Å². The molecule has 6 heteroatoms. The predicted molar refractivity (Wildman–Crippen MR) is 102 cm³/mol. The number of ether oxygens (including phenoxy) is 1. The minimum atomic E-state index is -0.745. The summed E-state index contributed by atoms with van der Waals surface area (Å²) < 4.78 is 5.28. The van der Waals surface area contributed by atoms with Crippen LogP contribution < -0.4 is 10.4 Å². The second-order valence-corrected chi connectivity index (χ2v) is 7.42. The van der Waals surface area contributed by atoms with Crippen molar-refractivity contribution < 1.29 is 19.2 Å². The Balaban J connectivity index is 1.77. The number of alkyl carbamates (subject to hydrolysis) is 1. The van der Waals surface area contributed by atoms with Crippen LogP contribution >= 0.6 is 0 Å². The van der Waals surface area contributed by atoms with Crippen molar-refractivity contribution in [3.63, 3.8) is 0 Å². The molecule has 2 amide bonds. The molecular weight excluding hydrogens is 344 g/mol. The lowest BCUT2D eigenvalue weighted by atomic mass is 9.99. The third-order valence-corrected chi connectivity index (χ3v) is 4.03. The summed E-state index contributed by atoms with van der Waals surface area (Å²) in [4.78, 5) is 30.9. The molecule has 0 unspecified atom stereocenters. The number of fused-ring (bicyclic) bond motifs is 1. The van der Waals surface area contributed by atoms with Crippen LogP contribution in [-0.4, -0.2) is 23.6 Å². The molecule has 27 heavy (non-hydrogen) atoms. The van der Waals surface area contributed by atoms with Gasteiger partial charge >= 0.3 is 6.09 Å². The zero-order valence-electron chi connectivity index (χ0n) is 15.8. The Bertz CT molecular complexity index is 814. The summed E-state index contributed by atoms with van der Waals surface area (Å²) in [5.74, 6) is -0.324. The van der Waals surface area contributed by atoms with Gasteiger partial charge in [0.2, 0.25) is 0 Å². The number of amides is 2. The van der Waals surface area contributed by atoms with Crippen LogP contribution in [0.25, 0.3) is 0 Å². The van der Waals surface area contributed by atoms with Crippen molar-refractivity contribution in [1.29, 1.82) is 0 Å². The molecule has 0 aromatic heterocycles. The number of carbonyl (C=O) groups is 2. The van der Waals surface area contributed by atoms with Crippen LogP contribution in [0.3, 0.4) is 0 Å². The van der Waals surface area contributed by atoms with Crippen LogP contribution in [0.4, 0.5) is 10.5 Å². The van der Waals surface area contributed by atoms with E-state index in [0.29, 0.717) is 12.1 Å². The lowest BCUT2D eigenvalue weighted by Gasteiger charge is -2.33. The summed E-state index contributed by atoms with van der Waals surface area (Å²) in [5.41, 5.74) is 1.93. The van der Waals surface area contributed by atoms with E-state index < -0.39 is 17.7 Å². The van der Waals surface area contributed by atoms with E-state index in [1.54, 1.807) is 20.8 Å². The van der Waals surface area contributed by atoms with Crippen molar-refractivity contribution in [2.75, 3.05) is 5.06 Å². The third kappa shape index (κ3) is 4.86. The van der Waals surface area contributed by atoms with Gasteiger partial charge in [-0.15, -0.1) is 0 Å². The highest BCUT2D eigenvalue weighted by molar-refractivity contribution is 6.00. The molecule has 0 radical (unpaired) electrons. The average Bonchev–Trinajstić information content (AvgIpc) is 2.61. The summed E-state index contributed by atoms with van der Waals surface area (Å²) in [7, 11) is 0. The number of nitrogens with zero attached hydrogens (tertiary/aromatic N) is 1. The highest BCUT2D eigenvalue weighted by Gasteiger charge is 2.35. The molecule has 0 spiro atoms. The number of carbonyl (C=O) groups excluding carboxylic acids is 2. The standard InChI is InChI=1S/C21H24N2O4/c1-21(2,3)27-20(25)22-17-13-16-11-7-8-12-18(16)23(19(17)24)26-14-15-9-5-4-6-10-15/h4-12,17H,13-14H2,1-3H3,(H,22,25)/t17-/m0/s1. The number of rotatable bonds is 4. The van der Waals surface area contributed by atoms with Gasteiger partial charge in [-0.3, -0.25) is 9.63 Å². The zero-order valence-corrected chi connectivity index (χ0v) is 15.8. The van der Waals surface area contributed by atoms with E-state index in [0.717, 1.165) is 11.1 Å². The van der Waals surface area contributed by atoms with Crippen molar-refractivity contribution in [1.82, 2.24) is 5.32 Å². The molecule has 6 nitrogen and oxygen atoms in total. The average molecular weight is 368 g/mol. The van der Waals surface area contributed by atoms with E-state index in [1.165, 1.54) is 5.06 Å². The molecule has 0 saturated carbocycles. The molecule has 0 fully saturated rings. The first-order valence-corrected chi connectivity index (χ1v) is 8.92. The van der Waals surface area contributed by atoms with Gasteiger partial charge < -0.3 is 10.1 Å². The normalized spacial score (nSPS) is 16.6. The SMILES string of the molecule is CC(C)(C)OC(=O)N[C@H]1Cc2ccccc2N(OCc2ccccc2)C1=O. The first-order chi connectivity index (χ1) is 12.8. The molecule has 3 rings (SSSR count). The van der Waals surface area contributed by atoms with Crippen molar-refractivity contribution >= 4 is 17.7 Å². The van der Waals surface area contributed by atoms with Crippen LogP contribution in [0.2, 0.25) is 0 Å². The Morgan fingerprint density at radius 2 is 1.78 bits per heavy atom. The smallest absolute Gasteiger partial charge is 0.408 e. The van der Waals surface area contributed by atoms with E-state index in [9.17, 15) is 9.59 Å². The zero-order chi connectivity index (χ0) is 19.4. The second-order valence-electron chi connectivity index (χ2n) is 7.42. The van der Waals surface area contributed by atoms with Gasteiger partial charge in [-0.25, -0.2) is 4.79 Å². The molecule has 142 valence electrons. The van der Waals surface area contributed by atoms with Gasteiger partial charge in [0.15, 0.2) is 0 Å². The monoisotopic (exact) mass is 368 g/mol. The number of anilines is 1. The highest BCUT2D eigenvalue weighted by Crippen LogP contribution is 2.28. The highest BCUT2D eigenvalue weighted by atomic mass is 16.7. The maximum atomic E-state index is 12.9. The summed E-state index contributed by atoms with van der Waals surface area (Å²) >= 11 is 0. The molecule has 2 aromatic carbocycles. The molecule has 1 heterocycles. The van der Waals surface area contributed by atoms with Crippen LogP contribution in [0, 0.1) is 0 Å². The van der Waals surface area contributed by atoms with Gasteiger partial charge in [0.05, 0.1) is 5.69 Å². The van der Waals surface area contributed by atoms with E-state index in [4.69, 9.17) is 9.57 Å². The van der Waals surface area contributed by atoms with E-state index in [-0.39, 0.29) is 12.5 Å². The minimum Gasteiger partial charge on any atom is -0.444 e. The Hall–Kier alpha value is -2.86. The van der Waals surface area contributed by atoms with Gasteiger partial charge in [-0.2, -0.15) is 5.06 Å². The van der Waals surface area contributed by atoms with Crippen LogP contribution in [0.1, 0.15) is 31.9 Å². The van der Waals surface area contributed by atoms with Gasteiger partial charge in [-0.1, -0.05) is 48.5 Å². The Morgan fingerprint density at radius 3 is 2.48 bits per heavy atom. The quantitative estimate of drug-likeness (QED) is 0.895. The molecule has 0 bridgehead atoms. The van der Waals surface area contributed by atoms with Crippen molar-refractivity contribution in [3.8, 4) is 0 Å².